The molecule has 22 heavy (non-hydrogen) atoms. The van der Waals surface area contributed by atoms with Crippen molar-refractivity contribution in [2.24, 2.45) is 0 Å². The molecule has 0 spiro atoms. The van der Waals surface area contributed by atoms with E-state index in [9.17, 15) is 17.6 Å². The van der Waals surface area contributed by atoms with Crippen LogP contribution in [0.25, 0.3) is 0 Å². The number of carbonyl (C=O) groups excluding carboxylic acids is 1. The molecule has 0 radical (unpaired) electrons. The van der Waals surface area contributed by atoms with Crippen molar-refractivity contribution in [3.63, 3.8) is 0 Å². The van der Waals surface area contributed by atoms with Gasteiger partial charge in [-0.15, -0.1) is 0 Å². The van der Waals surface area contributed by atoms with E-state index in [0.29, 0.717) is 43.9 Å². The van der Waals surface area contributed by atoms with Gasteiger partial charge in [-0.25, -0.2) is 12.8 Å². The monoisotopic (exact) mass is 328 g/mol. The lowest BCUT2D eigenvalue weighted by Gasteiger charge is -2.34. The molecular weight excluding hydrogens is 307 g/mol. The molecule has 5 nitrogen and oxygen atoms in total. The Bertz CT molecular complexity index is 653. The van der Waals surface area contributed by atoms with E-state index in [2.05, 4.69) is 0 Å². The lowest BCUT2D eigenvalue weighted by molar-refractivity contribution is 0.0643. The number of hydrogen-bond donors (Lipinski definition) is 0. The number of nitrogens with zero attached hydrogens (tertiary/aromatic N) is 2. The molecule has 0 N–H and O–H groups in total. The summed E-state index contributed by atoms with van der Waals surface area (Å²) in [4.78, 5) is 16.0. The predicted octanol–water partition coefficient (Wildman–Crippen LogP) is 0.937. The topological polar surface area (TPSA) is 57.7 Å². The van der Waals surface area contributed by atoms with E-state index in [0.717, 1.165) is 0 Å². The molecule has 0 aromatic heterocycles. The highest BCUT2D eigenvalue weighted by molar-refractivity contribution is 7.90. The molecule has 122 valence electrons. The van der Waals surface area contributed by atoms with Crippen LogP contribution in [0, 0.1) is 12.7 Å². The summed E-state index contributed by atoms with van der Waals surface area (Å²) in [7, 11) is -2.97. The van der Waals surface area contributed by atoms with Crippen molar-refractivity contribution in [1.82, 2.24) is 9.80 Å². The zero-order chi connectivity index (χ0) is 16.3. The van der Waals surface area contributed by atoms with Crippen LogP contribution in [0.2, 0.25) is 0 Å². The Labute approximate surface area is 130 Å². The molecule has 1 aromatic carbocycles. The van der Waals surface area contributed by atoms with Crippen LogP contribution < -0.4 is 0 Å². The fraction of sp³-hybridized carbons (Fsp3) is 0.533. The smallest absolute Gasteiger partial charge is 0.254 e. The molecule has 1 amide bonds. The minimum absolute atomic E-state index is 0.129. The number of sulfone groups is 1. The highest BCUT2D eigenvalue weighted by atomic mass is 32.2. The van der Waals surface area contributed by atoms with E-state index in [1.807, 2.05) is 4.90 Å². The largest absolute Gasteiger partial charge is 0.336 e. The molecule has 1 fully saturated rings. The van der Waals surface area contributed by atoms with E-state index < -0.39 is 9.84 Å². The minimum Gasteiger partial charge on any atom is -0.336 e. The quantitative estimate of drug-likeness (QED) is 0.825. The van der Waals surface area contributed by atoms with Gasteiger partial charge in [0.15, 0.2) is 0 Å². The average molecular weight is 328 g/mol. The second-order valence-electron chi connectivity index (χ2n) is 5.73. The van der Waals surface area contributed by atoms with Crippen LogP contribution in [-0.4, -0.2) is 68.9 Å². The van der Waals surface area contributed by atoms with Gasteiger partial charge in [0.1, 0.15) is 15.7 Å². The number of aryl methyl sites for hydroxylation is 1. The molecule has 1 heterocycles. The first kappa shape index (κ1) is 16.9. The number of hydrogen-bond acceptors (Lipinski definition) is 4. The van der Waals surface area contributed by atoms with E-state index in [1.54, 1.807) is 24.0 Å². The van der Waals surface area contributed by atoms with Crippen LogP contribution in [0.4, 0.5) is 4.39 Å². The molecule has 1 saturated heterocycles. The molecule has 2 rings (SSSR count). The number of piperazine rings is 1. The molecule has 1 aromatic rings. The summed E-state index contributed by atoms with van der Waals surface area (Å²) < 4.78 is 35.9. The third-order valence-corrected chi connectivity index (χ3v) is 4.78. The van der Waals surface area contributed by atoms with E-state index >= 15 is 0 Å². The van der Waals surface area contributed by atoms with E-state index in [4.69, 9.17) is 0 Å². The van der Waals surface area contributed by atoms with Crippen molar-refractivity contribution in [2.75, 3.05) is 44.7 Å². The minimum atomic E-state index is -2.97. The molecule has 1 aliphatic heterocycles. The molecular formula is C15H21FN2O3S. The molecule has 0 bridgehead atoms. The maximum atomic E-state index is 13.5. The van der Waals surface area contributed by atoms with Gasteiger partial charge in [-0.1, -0.05) is 6.07 Å². The summed E-state index contributed by atoms with van der Waals surface area (Å²) in [5.74, 6) is -0.427. The molecule has 7 heteroatoms. The third-order valence-electron chi connectivity index (χ3n) is 3.86. The Hall–Kier alpha value is -1.47. The van der Waals surface area contributed by atoms with Crippen LogP contribution in [0.3, 0.4) is 0 Å². The summed E-state index contributed by atoms with van der Waals surface area (Å²) in [6, 6.07) is 4.51. The molecule has 0 unspecified atom stereocenters. The summed E-state index contributed by atoms with van der Waals surface area (Å²) in [5, 5.41) is 0. The van der Waals surface area contributed by atoms with Crippen molar-refractivity contribution >= 4 is 15.7 Å². The molecule has 0 saturated carbocycles. The SMILES string of the molecule is Cc1ccc(C(=O)N2CCN(CCS(C)(=O)=O)CC2)cc1F. The van der Waals surface area contributed by atoms with Gasteiger partial charge >= 0.3 is 0 Å². The number of benzene rings is 1. The number of halogens is 1. The van der Waals surface area contributed by atoms with Gasteiger partial charge in [-0.2, -0.15) is 0 Å². The molecule has 1 aliphatic rings. The summed E-state index contributed by atoms with van der Waals surface area (Å²) >= 11 is 0. The van der Waals surface area contributed by atoms with Crippen LogP contribution in [-0.2, 0) is 9.84 Å². The predicted molar refractivity (Wildman–Crippen MR) is 83.2 cm³/mol. The number of rotatable bonds is 4. The summed E-state index contributed by atoms with van der Waals surface area (Å²) in [5.41, 5.74) is 0.870. The standard InChI is InChI=1S/C15H21FN2O3S/c1-12-3-4-13(11-14(12)16)15(19)18-7-5-17(6-8-18)9-10-22(2,20)21/h3-4,11H,5-10H2,1-2H3. The Morgan fingerprint density at radius 3 is 2.41 bits per heavy atom. The zero-order valence-corrected chi connectivity index (χ0v) is 13.7. The van der Waals surface area contributed by atoms with Gasteiger partial charge in [-0.3, -0.25) is 9.69 Å². The number of amides is 1. The van der Waals surface area contributed by atoms with E-state index in [-0.39, 0.29) is 17.5 Å². The fourth-order valence-electron chi connectivity index (χ4n) is 2.38. The van der Waals surface area contributed by atoms with Crippen molar-refractivity contribution in [2.45, 2.75) is 6.92 Å². The first-order valence-electron chi connectivity index (χ1n) is 7.22. The van der Waals surface area contributed by atoms with Gasteiger partial charge in [0.05, 0.1) is 5.75 Å². The maximum absolute atomic E-state index is 13.5. The highest BCUT2D eigenvalue weighted by Crippen LogP contribution is 2.13. The Morgan fingerprint density at radius 2 is 1.86 bits per heavy atom. The average Bonchev–Trinajstić information content (AvgIpc) is 2.47. The molecule has 0 atom stereocenters. The third kappa shape index (κ3) is 4.51. The summed E-state index contributed by atoms with van der Waals surface area (Å²) in [6.07, 6.45) is 1.22. The van der Waals surface area contributed by atoms with Gasteiger partial charge in [0.2, 0.25) is 0 Å². The molecule has 0 aliphatic carbocycles. The van der Waals surface area contributed by atoms with Crippen molar-refractivity contribution < 1.29 is 17.6 Å². The Balaban J connectivity index is 1.91. The second kappa shape index (κ2) is 6.75. The van der Waals surface area contributed by atoms with Gasteiger partial charge in [0.25, 0.3) is 5.91 Å². The number of carbonyl (C=O) groups is 1. The van der Waals surface area contributed by atoms with Crippen LogP contribution in [0.15, 0.2) is 18.2 Å². The van der Waals surface area contributed by atoms with E-state index in [1.165, 1.54) is 12.3 Å². The zero-order valence-electron chi connectivity index (χ0n) is 12.9. The van der Waals surface area contributed by atoms with Gasteiger partial charge in [-0.05, 0) is 24.6 Å². The van der Waals surface area contributed by atoms with Crippen molar-refractivity contribution in [1.29, 1.82) is 0 Å². The van der Waals surface area contributed by atoms with Crippen LogP contribution in [0.1, 0.15) is 15.9 Å². The van der Waals surface area contributed by atoms with Crippen molar-refractivity contribution in [3.8, 4) is 0 Å². The highest BCUT2D eigenvalue weighted by Gasteiger charge is 2.23. The Morgan fingerprint density at radius 1 is 1.23 bits per heavy atom. The lowest BCUT2D eigenvalue weighted by Crippen LogP contribution is -2.49. The fourth-order valence-corrected chi connectivity index (χ4v) is 2.97. The second-order valence-corrected chi connectivity index (χ2v) is 7.99. The van der Waals surface area contributed by atoms with Crippen LogP contribution in [0.5, 0.6) is 0 Å². The lowest BCUT2D eigenvalue weighted by atomic mass is 10.1. The maximum Gasteiger partial charge on any atom is 0.254 e. The van der Waals surface area contributed by atoms with Gasteiger partial charge < -0.3 is 4.90 Å². The van der Waals surface area contributed by atoms with Crippen LogP contribution >= 0.6 is 0 Å². The normalized spacial score (nSPS) is 16.8. The first-order chi connectivity index (χ1) is 10.3. The first-order valence-corrected chi connectivity index (χ1v) is 9.28. The van der Waals surface area contributed by atoms with Gasteiger partial charge in [0, 0.05) is 44.5 Å². The summed E-state index contributed by atoms with van der Waals surface area (Å²) in [6.45, 7) is 4.46. The Kier molecular flexibility index (Phi) is 5.18. The van der Waals surface area contributed by atoms with Crippen molar-refractivity contribution in [3.05, 3.63) is 35.1 Å².